The molecule has 3 aromatic rings. The van der Waals surface area contributed by atoms with E-state index in [4.69, 9.17) is 16.3 Å². The van der Waals surface area contributed by atoms with E-state index in [0.29, 0.717) is 36.7 Å². The Bertz CT molecular complexity index is 1470. The van der Waals surface area contributed by atoms with Gasteiger partial charge in [-0.3, -0.25) is 9.59 Å². The Labute approximate surface area is 245 Å². The molecule has 3 amide bonds. The van der Waals surface area contributed by atoms with E-state index in [1.54, 1.807) is 35.8 Å². The lowest BCUT2D eigenvalue weighted by molar-refractivity contribution is -0.117. The zero-order valence-electron chi connectivity index (χ0n) is 23.5. The van der Waals surface area contributed by atoms with Gasteiger partial charge in [-0.05, 0) is 85.9 Å². The van der Waals surface area contributed by atoms with Crippen molar-refractivity contribution < 1.29 is 19.1 Å². The number of anilines is 2. The van der Waals surface area contributed by atoms with Crippen molar-refractivity contribution in [1.29, 1.82) is 0 Å². The third kappa shape index (κ3) is 5.86. The average Bonchev–Trinajstić information content (AvgIpc) is 2.98. The van der Waals surface area contributed by atoms with Crippen LogP contribution in [0.15, 0.2) is 78.9 Å². The first-order valence-electron chi connectivity index (χ1n) is 14.0. The molecule has 0 spiro atoms. The highest BCUT2D eigenvalue weighted by atomic mass is 35.5. The summed E-state index contributed by atoms with van der Waals surface area (Å²) in [7, 11) is 0. The lowest BCUT2D eigenvalue weighted by Crippen LogP contribution is -2.47. The molecule has 5 rings (SSSR count). The molecule has 41 heavy (non-hydrogen) atoms. The molecule has 0 radical (unpaired) electrons. The van der Waals surface area contributed by atoms with E-state index >= 15 is 0 Å². The van der Waals surface area contributed by atoms with Gasteiger partial charge in [0, 0.05) is 48.0 Å². The predicted octanol–water partition coefficient (Wildman–Crippen LogP) is 7.12. The Hall–Kier alpha value is -4.10. The van der Waals surface area contributed by atoms with Gasteiger partial charge in [0.15, 0.2) is 0 Å². The van der Waals surface area contributed by atoms with E-state index in [1.807, 2.05) is 78.6 Å². The van der Waals surface area contributed by atoms with E-state index in [0.717, 1.165) is 34.5 Å². The molecule has 0 bridgehead atoms. The second-order valence-corrected chi connectivity index (χ2v) is 10.8. The van der Waals surface area contributed by atoms with Gasteiger partial charge in [-0.15, -0.1) is 0 Å². The minimum absolute atomic E-state index is 0.0721. The van der Waals surface area contributed by atoms with Gasteiger partial charge >= 0.3 is 6.09 Å². The summed E-state index contributed by atoms with van der Waals surface area (Å²) < 4.78 is 5.11. The standard InChI is InChI=1S/C33H34ClN3O4/c1-4-41-33(40)35-19-17-25(18-20-35)24-9-11-26(12-10-24)32(39)36-22(2)21-31(29-7-5-6-8-30(29)36)37(23(3)38)28-15-13-27(34)14-16-28/h5-17,22,31H,4,18-21H2,1-3H3/t22-,31+/m0/s1. The van der Waals surface area contributed by atoms with Crippen LogP contribution in [-0.2, 0) is 9.53 Å². The van der Waals surface area contributed by atoms with Gasteiger partial charge in [0.2, 0.25) is 5.91 Å². The van der Waals surface area contributed by atoms with Crippen LogP contribution in [0.25, 0.3) is 5.57 Å². The Kier molecular flexibility index (Phi) is 8.45. The fourth-order valence-corrected chi connectivity index (χ4v) is 5.92. The van der Waals surface area contributed by atoms with Crippen molar-refractivity contribution in [3.8, 4) is 0 Å². The molecular formula is C33H34ClN3O4. The van der Waals surface area contributed by atoms with Gasteiger partial charge in [0.25, 0.3) is 5.91 Å². The van der Waals surface area contributed by atoms with Crippen LogP contribution in [-0.4, -0.2) is 48.5 Å². The first-order valence-corrected chi connectivity index (χ1v) is 14.3. The number of para-hydroxylation sites is 1. The van der Waals surface area contributed by atoms with Crippen molar-refractivity contribution in [2.45, 2.75) is 45.7 Å². The maximum Gasteiger partial charge on any atom is 0.410 e. The molecule has 0 unspecified atom stereocenters. The number of fused-ring (bicyclic) bond motifs is 1. The first-order chi connectivity index (χ1) is 19.8. The topological polar surface area (TPSA) is 70.2 Å². The van der Waals surface area contributed by atoms with Crippen molar-refractivity contribution >= 4 is 46.5 Å². The van der Waals surface area contributed by atoms with E-state index in [1.165, 1.54) is 0 Å². The Morgan fingerprint density at radius 3 is 2.34 bits per heavy atom. The van der Waals surface area contributed by atoms with Crippen LogP contribution in [0.3, 0.4) is 0 Å². The number of hydrogen-bond donors (Lipinski definition) is 0. The predicted molar refractivity (Wildman–Crippen MR) is 162 cm³/mol. The zero-order valence-corrected chi connectivity index (χ0v) is 24.3. The third-order valence-corrected chi connectivity index (χ3v) is 8.02. The highest BCUT2D eigenvalue weighted by Gasteiger charge is 2.38. The van der Waals surface area contributed by atoms with Crippen LogP contribution in [0.5, 0.6) is 0 Å². The molecule has 0 aliphatic carbocycles. The summed E-state index contributed by atoms with van der Waals surface area (Å²) in [5.41, 5.74) is 5.29. The van der Waals surface area contributed by atoms with Gasteiger partial charge in [0.05, 0.1) is 12.6 Å². The minimum atomic E-state index is -0.290. The first kappa shape index (κ1) is 28.4. The van der Waals surface area contributed by atoms with Crippen LogP contribution in [0.4, 0.5) is 16.2 Å². The molecule has 0 aromatic heterocycles. The summed E-state index contributed by atoms with van der Waals surface area (Å²) in [4.78, 5) is 44.2. The molecule has 2 heterocycles. The summed E-state index contributed by atoms with van der Waals surface area (Å²) in [6.45, 7) is 6.86. The highest BCUT2D eigenvalue weighted by Crippen LogP contribution is 2.43. The zero-order chi connectivity index (χ0) is 29.1. The van der Waals surface area contributed by atoms with Crippen LogP contribution >= 0.6 is 11.6 Å². The lowest BCUT2D eigenvalue weighted by Gasteiger charge is -2.43. The van der Waals surface area contributed by atoms with E-state index in [-0.39, 0.29) is 30.0 Å². The van der Waals surface area contributed by atoms with Crippen LogP contribution in [0.2, 0.25) is 5.02 Å². The average molecular weight is 572 g/mol. The summed E-state index contributed by atoms with van der Waals surface area (Å²) in [6.07, 6.45) is 3.07. The van der Waals surface area contributed by atoms with E-state index in [2.05, 4.69) is 0 Å². The number of hydrogen-bond acceptors (Lipinski definition) is 4. The molecule has 0 saturated heterocycles. The quantitative estimate of drug-likeness (QED) is 0.327. The van der Waals surface area contributed by atoms with Gasteiger partial charge < -0.3 is 19.4 Å². The molecule has 3 aromatic carbocycles. The number of nitrogens with zero attached hydrogens (tertiary/aromatic N) is 3. The normalized spacial score (nSPS) is 18.3. The van der Waals surface area contributed by atoms with Gasteiger partial charge in [-0.2, -0.15) is 0 Å². The van der Waals surface area contributed by atoms with Crippen molar-refractivity contribution in [1.82, 2.24) is 4.90 Å². The van der Waals surface area contributed by atoms with Crippen molar-refractivity contribution in [3.05, 3.63) is 101 Å². The number of carbonyl (C=O) groups is 3. The number of rotatable bonds is 5. The minimum Gasteiger partial charge on any atom is -0.450 e. The molecule has 2 aliphatic heterocycles. The maximum atomic E-state index is 13.9. The largest absolute Gasteiger partial charge is 0.450 e. The smallest absolute Gasteiger partial charge is 0.410 e. The van der Waals surface area contributed by atoms with Crippen molar-refractivity contribution in [2.24, 2.45) is 0 Å². The molecule has 8 heteroatoms. The number of halogens is 1. The lowest BCUT2D eigenvalue weighted by atomic mass is 9.89. The SMILES string of the molecule is CCOC(=O)N1CC=C(c2ccc(C(=O)N3c4ccccc4[C@H](N(C(C)=O)c4ccc(Cl)cc4)C[C@@H]3C)cc2)CC1. The Balaban J connectivity index is 1.39. The van der Waals surface area contributed by atoms with E-state index < -0.39 is 0 Å². The molecule has 2 aliphatic rings. The Morgan fingerprint density at radius 1 is 1.00 bits per heavy atom. The summed E-state index contributed by atoms with van der Waals surface area (Å²) in [5, 5.41) is 0.607. The number of benzene rings is 3. The molecule has 2 atom stereocenters. The second kappa shape index (κ2) is 12.2. The molecular weight excluding hydrogens is 538 g/mol. The maximum absolute atomic E-state index is 13.9. The van der Waals surface area contributed by atoms with Gasteiger partial charge in [-0.1, -0.05) is 48.0 Å². The summed E-state index contributed by atoms with van der Waals surface area (Å²) in [5.74, 6) is -0.154. The molecule has 0 N–H and O–H groups in total. The van der Waals surface area contributed by atoms with Crippen LogP contribution in [0, 0.1) is 0 Å². The van der Waals surface area contributed by atoms with E-state index in [9.17, 15) is 14.4 Å². The Morgan fingerprint density at radius 2 is 1.71 bits per heavy atom. The van der Waals surface area contributed by atoms with Crippen molar-refractivity contribution in [3.63, 3.8) is 0 Å². The summed E-state index contributed by atoms with van der Waals surface area (Å²) >= 11 is 6.11. The summed E-state index contributed by atoms with van der Waals surface area (Å²) in [6, 6.07) is 22.4. The number of amides is 3. The molecule has 7 nitrogen and oxygen atoms in total. The third-order valence-electron chi connectivity index (χ3n) is 7.77. The molecule has 0 saturated carbocycles. The van der Waals surface area contributed by atoms with Gasteiger partial charge in [0.1, 0.15) is 0 Å². The number of carbonyl (C=O) groups excluding carboxylic acids is 3. The monoisotopic (exact) mass is 571 g/mol. The van der Waals surface area contributed by atoms with Gasteiger partial charge in [-0.25, -0.2) is 4.79 Å². The fraction of sp³-hybridized carbons (Fsp3) is 0.303. The van der Waals surface area contributed by atoms with Crippen molar-refractivity contribution in [2.75, 3.05) is 29.5 Å². The van der Waals surface area contributed by atoms with Crippen LogP contribution in [0.1, 0.15) is 61.1 Å². The van der Waals surface area contributed by atoms with Crippen LogP contribution < -0.4 is 9.80 Å². The fourth-order valence-electron chi connectivity index (χ4n) is 5.80. The second-order valence-electron chi connectivity index (χ2n) is 10.4. The molecule has 212 valence electrons. The molecule has 0 fully saturated rings. The highest BCUT2D eigenvalue weighted by molar-refractivity contribution is 6.30. The number of ether oxygens (including phenoxy) is 1.